The molecule has 1 aliphatic rings. The standard InChI is InChI=1S/C13H27N3O2/c1-11-12(6-10-18-11)15(2)9-5-13(17)16(3)8-4-7-14/h11-12H,4-10,14H2,1-3H3. The number of hydrogen-bond acceptors (Lipinski definition) is 4. The first-order valence-electron chi connectivity index (χ1n) is 6.82. The van der Waals surface area contributed by atoms with E-state index in [4.69, 9.17) is 10.5 Å². The van der Waals surface area contributed by atoms with E-state index >= 15 is 0 Å². The van der Waals surface area contributed by atoms with Crippen LogP contribution in [0, 0.1) is 0 Å². The highest BCUT2D eigenvalue weighted by Crippen LogP contribution is 2.18. The van der Waals surface area contributed by atoms with Crippen LogP contribution >= 0.6 is 0 Å². The number of ether oxygens (including phenoxy) is 1. The van der Waals surface area contributed by atoms with E-state index in [0.29, 0.717) is 19.0 Å². The maximum Gasteiger partial charge on any atom is 0.223 e. The molecule has 2 N–H and O–H groups in total. The van der Waals surface area contributed by atoms with Crippen LogP contribution in [-0.2, 0) is 9.53 Å². The molecule has 106 valence electrons. The fourth-order valence-corrected chi connectivity index (χ4v) is 2.38. The zero-order valence-electron chi connectivity index (χ0n) is 11.9. The van der Waals surface area contributed by atoms with Crippen LogP contribution < -0.4 is 5.73 Å². The lowest BCUT2D eigenvalue weighted by Crippen LogP contribution is -2.39. The third-order valence-electron chi connectivity index (χ3n) is 3.70. The summed E-state index contributed by atoms with van der Waals surface area (Å²) in [6.45, 7) is 5.12. The summed E-state index contributed by atoms with van der Waals surface area (Å²) in [6, 6.07) is 0.451. The third-order valence-corrected chi connectivity index (χ3v) is 3.70. The van der Waals surface area contributed by atoms with Gasteiger partial charge < -0.3 is 20.3 Å². The maximum absolute atomic E-state index is 11.9. The van der Waals surface area contributed by atoms with Crippen molar-refractivity contribution in [1.29, 1.82) is 0 Å². The minimum absolute atomic E-state index is 0.196. The van der Waals surface area contributed by atoms with E-state index in [1.807, 2.05) is 7.05 Å². The highest BCUT2D eigenvalue weighted by Gasteiger charge is 2.27. The van der Waals surface area contributed by atoms with Crippen molar-refractivity contribution in [3.63, 3.8) is 0 Å². The van der Waals surface area contributed by atoms with Crippen molar-refractivity contribution in [2.75, 3.05) is 40.3 Å². The zero-order chi connectivity index (χ0) is 13.5. The number of carbonyl (C=O) groups excluding carboxylic acids is 1. The lowest BCUT2D eigenvalue weighted by molar-refractivity contribution is -0.130. The first kappa shape index (κ1) is 15.4. The first-order valence-corrected chi connectivity index (χ1v) is 6.82. The summed E-state index contributed by atoms with van der Waals surface area (Å²) >= 11 is 0. The number of rotatable bonds is 7. The van der Waals surface area contributed by atoms with Crippen molar-refractivity contribution >= 4 is 5.91 Å². The van der Waals surface area contributed by atoms with Crippen molar-refractivity contribution in [3.8, 4) is 0 Å². The molecule has 0 bridgehead atoms. The number of nitrogens with zero attached hydrogens (tertiary/aromatic N) is 2. The Morgan fingerprint density at radius 3 is 2.67 bits per heavy atom. The van der Waals surface area contributed by atoms with E-state index in [1.54, 1.807) is 4.90 Å². The summed E-state index contributed by atoms with van der Waals surface area (Å²) in [5.74, 6) is 0.196. The summed E-state index contributed by atoms with van der Waals surface area (Å²) in [7, 11) is 3.92. The van der Waals surface area contributed by atoms with E-state index < -0.39 is 0 Å². The molecule has 1 saturated heterocycles. The average molecular weight is 257 g/mol. The van der Waals surface area contributed by atoms with Gasteiger partial charge in [-0.25, -0.2) is 0 Å². The Balaban J connectivity index is 2.24. The molecular formula is C13H27N3O2. The van der Waals surface area contributed by atoms with Gasteiger partial charge >= 0.3 is 0 Å². The number of nitrogens with two attached hydrogens (primary N) is 1. The largest absolute Gasteiger partial charge is 0.377 e. The molecular weight excluding hydrogens is 230 g/mol. The second kappa shape index (κ2) is 7.71. The molecule has 1 fully saturated rings. The fraction of sp³-hybridized carbons (Fsp3) is 0.923. The van der Waals surface area contributed by atoms with Gasteiger partial charge in [0.25, 0.3) is 0 Å². The Morgan fingerprint density at radius 2 is 2.11 bits per heavy atom. The van der Waals surface area contributed by atoms with Gasteiger partial charge in [-0.2, -0.15) is 0 Å². The van der Waals surface area contributed by atoms with E-state index in [9.17, 15) is 4.79 Å². The molecule has 1 aliphatic heterocycles. The van der Waals surface area contributed by atoms with E-state index in [-0.39, 0.29) is 12.0 Å². The second-order valence-corrected chi connectivity index (χ2v) is 5.12. The smallest absolute Gasteiger partial charge is 0.223 e. The fourth-order valence-electron chi connectivity index (χ4n) is 2.38. The summed E-state index contributed by atoms with van der Waals surface area (Å²) in [5.41, 5.74) is 5.44. The van der Waals surface area contributed by atoms with Gasteiger partial charge in [-0.05, 0) is 33.4 Å². The van der Waals surface area contributed by atoms with Crippen molar-refractivity contribution in [2.24, 2.45) is 5.73 Å². The molecule has 5 heteroatoms. The monoisotopic (exact) mass is 257 g/mol. The minimum atomic E-state index is 0.196. The molecule has 0 spiro atoms. The van der Waals surface area contributed by atoms with Gasteiger partial charge in [0.2, 0.25) is 5.91 Å². The van der Waals surface area contributed by atoms with Crippen LogP contribution in [0.5, 0.6) is 0 Å². The van der Waals surface area contributed by atoms with Gasteiger partial charge in [0.1, 0.15) is 0 Å². The topological polar surface area (TPSA) is 58.8 Å². The Bertz CT molecular complexity index is 261. The van der Waals surface area contributed by atoms with Crippen LogP contribution in [0.25, 0.3) is 0 Å². The molecule has 0 saturated carbocycles. The van der Waals surface area contributed by atoms with Gasteiger partial charge in [0.15, 0.2) is 0 Å². The Kier molecular flexibility index (Phi) is 6.60. The highest BCUT2D eigenvalue weighted by atomic mass is 16.5. The molecule has 1 rings (SSSR count). The van der Waals surface area contributed by atoms with Crippen LogP contribution in [0.2, 0.25) is 0 Å². The molecule has 0 aromatic heterocycles. The van der Waals surface area contributed by atoms with E-state index in [0.717, 1.165) is 32.5 Å². The molecule has 1 heterocycles. The normalized spacial score (nSPS) is 23.6. The zero-order valence-corrected chi connectivity index (χ0v) is 11.9. The van der Waals surface area contributed by atoms with E-state index in [2.05, 4.69) is 18.9 Å². The summed E-state index contributed by atoms with van der Waals surface area (Å²) in [5, 5.41) is 0. The van der Waals surface area contributed by atoms with Crippen LogP contribution in [0.4, 0.5) is 0 Å². The van der Waals surface area contributed by atoms with Gasteiger partial charge in [0, 0.05) is 39.2 Å². The molecule has 5 nitrogen and oxygen atoms in total. The summed E-state index contributed by atoms with van der Waals surface area (Å²) in [6.07, 6.45) is 2.78. The molecule has 1 amide bonds. The molecule has 2 atom stereocenters. The van der Waals surface area contributed by atoms with Crippen molar-refractivity contribution in [3.05, 3.63) is 0 Å². The van der Waals surface area contributed by atoms with Gasteiger partial charge in [-0.3, -0.25) is 4.79 Å². The van der Waals surface area contributed by atoms with E-state index in [1.165, 1.54) is 0 Å². The van der Waals surface area contributed by atoms with Crippen LogP contribution in [0.3, 0.4) is 0 Å². The molecule has 0 aliphatic carbocycles. The Labute approximate surface area is 110 Å². The quantitative estimate of drug-likeness (QED) is 0.712. The third kappa shape index (κ3) is 4.55. The van der Waals surface area contributed by atoms with Crippen molar-refractivity contribution < 1.29 is 9.53 Å². The molecule has 0 radical (unpaired) electrons. The van der Waals surface area contributed by atoms with Crippen molar-refractivity contribution in [2.45, 2.75) is 38.3 Å². The molecule has 0 aromatic rings. The number of amides is 1. The van der Waals surface area contributed by atoms with Crippen molar-refractivity contribution in [1.82, 2.24) is 9.80 Å². The summed E-state index contributed by atoms with van der Waals surface area (Å²) in [4.78, 5) is 15.9. The van der Waals surface area contributed by atoms with Gasteiger partial charge in [-0.15, -0.1) is 0 Å². The summed E-state index contributed by atoms with van der Waals surface area (Å²) < 4.78 is 5.54. The highest BCUT2D eigenvalue weighted by molar-refractivity contribution is 5.76. The Morgan fingerprint density at radius 1 is 1.39 bits per heavy atom. The van der Waals surface area contributed by atoms with Crippen LogP contribution in [-0.4, -0.2) is 68.2 Å². The number of hydrogen-bond donors (Lipinski definition) is 1. The Hall–Kier alpha value is -0.650. The van der Waals surface area contributed by atoms with Gasteiger partial charge in [-0.1, -0.05) is 0 Å². The molecule has 18 heavy (non-hydrogen) atoms. The maximum atomic E-state index is 11.9. The first-order chi connectivity index (χ1) is 8.56. The SMILES string of the molecule is CC1OCCC1N(C)CCC(=O)N(C)CCCN. The number of likely N-dealkylation sites (N-methyl/N-ethyl adjacent to an activating group) is 1. The predicted molar refractivity (Wildman–Crippen MR) is 72.4 cm³/mol. The lowest BCUT2D eigenvalue weighted by atomic mass is 10.1. The number of carbonyl (C=O) groups is 1. The lowest BCUT2D eigenvalue weighted by Gasteiger charge is -2.27. The van der Waals surface area contributed by atoms with Crippen LogP contribution in [0.1, 0.15) is 26.2 Å². The van der Waals surface area contributed by atoms with Crippen LogP contribution in [0.15, 0.2) is 0 Å². The molecule has 2 unspecified atom stereocenters. The minimum Gasteiger partial charge on any atom is -0.377 e. The van der Waals surface area contributed by atoms with Gasteiger partial charge in [0.05, 0.1) is 6.10 Å². The average Bonchev–Trinajstić information content (AvgIpc) is 2.78. The second-order valence-electron chi connectivity index (χ2n) is 5.12. The predicted octanol–water partition coefficient (Wildman–Crippen LogP) is 0.293. The molecule has 0 aromatic carbocycles.